The number of rotatable bonds is 4. The minimum atomic E-state index is -0.741. The molecule has 0 aromatic carbocycles. The van der Waals surface area contributed by atoms with Crippen molar-refractivity contribution in [2.75, 3.05) is 20.8 Å². The van der Waals surface area contributed by atoms with E-state index in [0.717, 1.165) is 0 Å². The van der Waals surface area contributed by atoms with Crippen molar-refractivity contribution < 1.29 is 33.4 Å². The zero-order valence-corrected chi connectivity index (χ0v) is 14.6. The first kappa shape index (κ1) is 18.3. The van der Waals surface area contributed by atoms with Crippen molar-refractivity contribution in [3.05, 3.63) is 11.3 Å². The van der Waals surface area contributed by atoms with Crippen LogP contribution in [0.4, 0.5) is 0 Å². The SMILES string of the molecule is COC(=O)C1=C(C(=O)OC)C2CC[C@@H](COC(=O)C(C)(C)C)N2O1. The summed E-state index contributed by atoms with van der Waals surface area (Å²) in [7, 11) is 2.45. The van der Waals surface area contributed by atoms with Crippen molar-refractivity contribution in [1.82, 2.24) is 5.06 Å². The number of carbonyl (C=O) groups excluding carboxylic acids is 3. The summed E-state index contributed by atoms with van der Waals surface area (Å²) < 4.78 is 14.7. The number of nitrogens with zero attached hydrogens (tertiary/aromatic N) is 1. The second kappa shape index (κ2) is 6.80. The van der Waals surface area contributed by atoms with E-state index in [1.54, 1.807) is 20.8 Å². The molecule has 0 aromatic rings. The first-order valence-electron chi connectivity index (χ1n) is 7.75. The highest BCUT2D eigenvalue weighted by atomic mass is 16.7. The predicted molar refractivity (Wildman–Crippen MR) is 81.2 cm³/mol. The summed E-state index contributed by atoms with van der Waals surface area (Å²) in [5.41, 5.74) is -0.453. The van der Waals surface area contributed by atoms with Gasteiger partial charge in [0.05, 0.1) is 31.7 Å². The van der Waals surface area contributed by atoms with Crippen LogP contribution < -0.4 is 0 Å². The van der Waals surface area contributed by atoms with Crippen molar-refractivity contribution in [2.24, 2.45) is 5.41 Å². The molecule has 0 bridgehead atoms. The van der Waals surface area contributed by atoms with Gasteiger partial charge >= 0.3 is 17.9 Å². The van der Waals surface area contributed by atoms with Gasteiger partial charge in [-0.25, -0.2) is 9.59 Å². The van der Waals surface area contributed by atoms with Crippen LogP contribution >= 0.6 is 0 Å². The molecule has 1 saturated heterocycles. The third-order valence-corrected chi connectivity index (χ3v) is 4.01. The van der Waals surface area contributed by atoms with Gasteiger partial charge in [0, 0.05) is 0 Å². The third kappa shape index (κ3) is 3.38. The van der Waals surface area contributed by atoms with E-state index in [0.29, 0.717) is 12.8 Å². The first-order valence-corrected chi connectivity index (χ1v) is 7.75. The van der Waals surface area contributed by atoms with Crippen LogP contribution in [0.15, 0.2) is 11.3 Å². The lowest BCUT2D eigenvalue weighted by Crippen LogP contribution is -2.37. The zero-order chi connectivity index (χ0) is 18.1. The van der Waals surface area contributed by atoms with E-state index >= 15 is 0 Å². The molecule has 2 atom stereocenters. The molecule has 0 amide bonds. The summed E-state index contributed by atoms with van der Waals surface area (Å²) in [6.45, 7) is 5.43. The van der Waals surface area contributed by atoms with Crippen molar-refractivity contribution in [2.45, 2.75) is 45.7 Å². The highest BCUT2D eigenvalue weighted by Crippen LogP contribution is 2.38. The summed E-state index contributed by atoms with van der Waals surface area (Å²) in [6, 6.07) is -0.659. The van der Waals surface area contributed by atoms with Gasteiger partial charge in [-0.15, -0.1) is 5.06 Å². The molecule has 2 aliphatic heterocycles. The highest BCUT2D eigenvalue weighted by molar-refractivity contribution is 6.00. The Balaban J connectivity index is 2.11. The number of fused-ring (bicyclic) bond motifs is 1. The minimum absolute atomic E-state index is 0.121. The van der Waals surface area contributed by atoms with E-state index in [1.807, 2.05) is 0 Å². The lowest BCUT2D eigenvalue weighted by atomic mass is 9.97. The molecule has 0 N–H and O–H groups in total. The fraction of sp³-hybridized carbons (Fsp3) is 0.688. The van der Waals surface area contributed by atoms with Gasteiger partial charge < -0.3 is 19.0 Å². The molecule has 0 aliphatic carbocycles. The maximum absolute atomic E-state index is 12.0. The average molecular weight is 341 g/mol. The van der Waals surface area contributed by atoms with E-state index < -0.39 is 23.4 Å². The molecule has 8 heteroatoms. The fourth-order valence-corrected chi connectivity index (χ4v) is 2.70. The van der Waals surface area contributed by atoms with Gasteiger partial charge in [0.15, 0.2) is 0 Å². The number of methoxy groups -OCH3 is 2. The quantitative estimate of drug-likeness (QED) is 0.551. The second-order valence-electron chi connectivity index (χ2n) is 6.77. The number of hydroxylamine groups is 2. The van der Waals surface area contributed by atoms with Crippen molar-refractivity contribution in [1.29, 1.82) is 0 Å². The van der Waals surface area contributed by atoms with E-state index in [9.17, 15) is 14.4 Å². The van der Waals surface area contributed by atoms with E-state index in [-0.39, 0.29) is 30.0 Å². The molecule has 2 heterocycles. The first-order chi connectivity index (χ1) is 11.2. The molecule has 2 rings (SSSR count). The van der Waals surface area contributed by atoms with Gasteiger partial charge in [-0.2, -0.15) is 0 Å². The van der Waals surface area contributed by atoms with Gasteiger partial charge in [0.1, 0.15) is 12.2 Å². The highest BCUT2D eigenvalue weighted by Gasteiger charge is 2.50. The Bertz CT molecular complexity index is 575. The van der Waals surface area contributed by atoms with Crippen molar-refractivity contribution >= 4 is 17.9 Å². The Hall–Kier alpha value is -2.09. The van der Waals surface area contributed by atoms with E-state index in [4.69, 9.17) is 14.3 Å². The molecule has 8 nitrogen and oxygen atoms in total. The topological polar surface area (TPSA) is 91.4 Å². The summed E-state index contributed by atoms with van der Waals surface area (Å²) >= 11 is 0. The smallest absolute Gasteiger partial charge is 0.376 e. The molecule has 0 spiro atoms. The van der Waals surface area contributed by atoms with Crippen LogP contribution in [0.1, 0.15) is 33.6 Å². The Kier molecular flexibility index (Phi) is 5.17. The van der Waals surface area contributed by atoms with E-state index in [1.165, 1.54) is 19.3 Å². The van der Waals surface area contributed by atoms with Gasteiger partial charge in [0.2, 0.25) is 5.76 Å². The number of hydrogen-bond acceptors (Lipinski definition) is 8. The third-order valence-electron chi connectivity index (χ3n) is 4.01. The molecule has 0 radical (unpaired) electrons. The van der Waals surface area contributed by atoms with Gasteiger partial charge in [-0.05, 0) is 33.6 Å². The van der Waals surface area contributed by atoms with Crippen LogP contribution in [-0.4, -0.2) is 55.9 Å². The molecule has 134 valence electrons. The van der Waals surface area contributed by atoms with Crippen LogP contribution in [0.2, 0.25) is 0 Å². The van der Waals surface area contributed by atoms with Gasteiger partial charge in [-0.1, -0.05) is 0 Å². The van der Waals surface area contributed by atoms with E-state index in [2.05, 4.69) is 4.74 Å². The Morgan fingerprint density at radius 1 is 1.12 bits per heavy atom. The molecule has 0 saturated carbocycles. The Labute approximate surface area is 140 Å². The van der Waals surface area contributed by atoms with Gasteiger partial charge in [0.25, 0.3) is 0 Å². The molecule has 1 fully saturated rings. The Morgan fingerprint density at radius 2 is 1.75 bits per heavy atom. The van der Waals surface area contributed by atoms with Gasteiger partial charge in [-0.3, -0.25) is 4.79 Å². The van der Waals surface area contributed by atoms with Crippen LogP contribution in [-0.2, 0) is 33.4 Å². The number of carbonyl (C=O) groups is 3. The van der Waals surface area contributed by atoms with Crippen LogP contribution in [0.3, 0.4) is 0 Å². The minimum Gasteiger partial charge on any atom is -0.466 e. The number of hydrogen-bond donors (Lipinski definition) is 0. The van der Waals surface area contributed by atoms with Crippen LogP contribution in [0, 0.1) is 5.41 Å². The molecule has 2 aliphatic rings. The maximum Gasteiger partial charge on any atom is 0.376 e. The molecule has 1 unspecified atom stereocenters. The lowest BCUT2D eigenvalue weighted by Gasteiger charge is -2.24. The summed E-state index contributed by atoms with van der Waals surface area (Å²) in [4.78, 5) is 41.3. The second-order valence-corrected chi connectivity index (χ2v) is 6.77. The maximum atomic E-state index is 12.0. The average Bonchev–Trinajstić information content (AvgIpc) is 3.09. The predicted octanol–water partition coefficient (Wildman–Crippen LogP) is 0.954. The van der Waals surface area contributed by atoms with Crippen LogP contribution in [0.5, 0.6) is 0 Å². The number of ether oxygens (including phenoxy) is 3. The standard InChI is InChI=1S/C16H23NO7/c1-16(2,3)15(20)23-8-9-6-7-10-11(13(18)21-4)12(14(19)22-5)24-17(9)10/h9-10H,6-8H2,1-5H3/t9-,10?/m0/s1. The molecular formula is C16H23NO7. The fourth-order valence-electron chi connectivity index (χ4n) is 2.70. The molecule has 0 aromatic heterocycles. The largest absolute Gasteiger partial charge is 0.466 e. The van der Waals surface area contributed by atoms with Crippen molar-refractivity contribution in [3.63, 3.8) is 0 Å². The zero-order valence-electron chi connectivity index (χ0n) is 14.6. The molecule has 24 heavy (non-hydrogen) atoms. The van der Waals surface area contributed by atoms with Crippen LogP contribution in [0.25, 0.3) is 0 Å². The summed E-state index contributed by atoms with van der Waals surface area (Å²) in [6.07, 6.45) is 1.25. The molecular weight excluding hydrogens is 318 g/mol. The Morgan fingerprint density at radius 3 is 2.29 bits per heavy atom. The summed E-state index contributed by atoms with van der Waals surface area (Å²) in [5.74, 6) is -1.86. The lowest BCUT2D eigenvalue weighted by molar-refractivity contribution is -0.173. The monoisotopic (exact) mass is 341 g/mol. The normalized spacial score (nSPS) is 23.5. The number of esters is 3. The van der Waals surface area contributed by atoms with Crippen molar-refractivity contribution in [3.8, 4) is 0 Å². The summed E-state index contributed by atoms with van der Waals surface area (Å²) in [5, 5.41) is 1.52.